The van der Waals surface area contributed by atoms with E-state index in [9.17, 15) is 5.11 Å². The number of benzene rings is 2. The third kappa shape index (κ3) is 2.71. The quantitative estimate of drug-likeness (QED) is 0.773. The van der Waals surface area contributed by atoms with E-state index in [1.165, 1.54) is 0 Å². The largest absolute Gasteiger partial charge is 0.508 e. The van der Waals surface area contributed by atoms with E-state index in [0.717, 1.165) is 22.2 Å². The van der Waals surface area contributed by atoms with Gasteiger partial charge in [-0.05, 0) is 35.9 Å². The number of nitrogens with zero attached hydrogens (tertiary/aromatic N) is 1. The summed E-state index contributed by atoms with van der Waals surface area (Å²) in [5, 5.41) is 10.6. The average molecular weight is 282 g/mol. The monoisotopic (exact) mass is 282 g/mol. The number of phenols is 1. The van der Waals surface area contributed by atoms with Gasteiger partial charge in [0.25, 0.3) is 0 Å². The third-order valence-corrected chi connectivity index (χ3v) is 3.65. The van der Waals surface area contributed by atoms with Gasteiger partial charge >= 0.3 is 0 Å². The highest BCUT2D eigenvalue weighted by Crippen LogP contribution is 2.23. The van der Waals surface area contributed by atoms with Gasteiger partial charge in [-0.3, -0.25) is 0 Å². The first-order valence-electron chi connectivity index (χ1n) is 6.86. The van der Waals surface area contributed by atoms with Crippen molar-refractivity contribution in [2.24, 2.45) is 12.8 Å². The average Bonchev–Trinajstić information content (AvgIpc) is 2.81. The lowest BCUT2D eigenvalue weighted by Crippen LogP contribution is -2.01. The number of aromatic nitrogens is 1. The fourth-order valence-electron chi connectivity index (χ4n) is 2.45. The number of fused-ring (bicyclic) bond motifs is 1. The first-order valence-corrected chi connectivity index (χ1v) is 6.86. The maximum Gasteiger partial charge on any atom is 0.128 e. The van der Waals surface area contributed by atoms with Gasteiger partial charge in [0.05, 0.1) is 5.69 Å². The van der Waals surface area contributed by atoms with E-state index in [0.29, 0.717) is 18.9 Å². The third-order valence-electron chi connectivity index (χ3n) is 3.65. The molecule has 0 saturated heterocycles. The van der Waals surface area contributed by atoms with E-state index in [1.54, 1.807) is 18.2 Å². The summed E-state index contributed by atoms with van der Waals surface area (Å²) in [5.74, 6) is 0.861. The van der Waals surface area contributed by atoms with Crippen LogP contribution in [0.25, 0.3) is 10.9 Å². The van der Waals surface area contributed by atoms with Crippen LogP contribution in [0.15, 0.2) is 48.5 Å². The molecular weight excluding hydrogens is 264 g/mol. The molecule has 0 atom stereocenters. The van der Waals surface area contributed by atoms with Crippen LogP contribution in [0.5, 0.6) is 11.5 Å². The molecule has 0 saturated carbocycles. The molecule has 108 valence electrons. The molecule has 2 aromatic carbocycles. The van der Waals surface area contributed by atoms with Gasteiger partial charge in [-0.15, -0.1) is 0 Å². The summed E-state index contributed by atoms with van der Waals surface area (Å²) in [6, 6.07) is 15.2. The number of aromatic hydroxyl groups is 1. The summed E-state index contributed by atoms with van der Waals surface area (Å²) < 4.78 is 7.84. The topological polar surface area (TPSA) is 60.4 Å². The van der Waals surface area contributed by atoms with Crippen LogP contribution < -0.4 is 10.5 Å². The number of nitrogens with two attached hydrogens (primary N) is 1. The van der Waals surface area contributed by atoms with Crippen LogP contribution in [-0.2, 0) is 20.2 Å². The summed E-state index contributed by atoms with van der Waals surface area (Å²) >= 11 is 0. The first kappa shape index (κ1) is 13.5. The summed E-state index contributed by atoms with van der Waals surface area (Å²) in [6.07, 6.45) is 0. The van der Waals surface area contributed by atoms with Crippen molar-refractivity contribution < 1.29 is 9.84 Å². The van der Waals surface area contributed by atoms with Gasteiger partial charge in [0.2, 0.25) is 0 Å². The summed E-state index contributed by atoms with van der Waals surface area (Å²) in [6.45, 7) is 0.993. The molecule has 0 bridgehead atoms. The SMILES string of the molecule is Cn1c(COc2cccc(O)c2)cc2cc(CN)ccc21. The number of hydrogen-bond acceptors (Lipinski definition) is 3. The number of rotatable bonds is 4. The molecule has 0 aliphatic carbocycles. The summed E-state index contributed by atoms with van der Waals surface area (Å²) in [4.78, 5) is 0. The Morgan fingerprint density at radius 3 is 2.76 bits per heavy atom. The normalized spacial score (nSPS) is 11.0. The Hall–Kier alpha value is -2.46. The Balaban J connectivity index is 1.85. The lowest BCUT2D eigenvalue weighted by atomic mass is 10.1. The van der Waals surface area contributed by atoms with Crippen LogP contribution >= 0.6 is 0 Å². The predicted molar refractivity (Wildman–Crippen MR) is 83.2 cm³/mol. The van der Waals surface area contributed by atoms with E-state index >= 15 is 0 Å². The zero-order valence-corrected chi connectivity index (χ0v) is 11.9. The molecule has 4 nitrogen and oxygen atoms in total. The second-order valence-electron chi connectivity index (χ2n) is 5.08. The molecule has 4 heteroatoms. The molecule has 0 spiro atoms. The molecule has 1 heterocycles. The van der Waals surface area contributed by atoms with Crippen molar-refractivity contribution in [2.75, 3.05) is 0 Å². The van der Waals surface area contributed by atoms with Gasteiger partial charge in [0.15, 0.2) is 0 Å². The second kappa shape index (κ2) is 5.50. The molecule has 3 aromatic rings. The van der Waals surface area contributed by atoms with Gasteiger partial charge in [-0.2, -0.15) is 0 Å². The van der Waals surface area contributed by atoms with E-state index in [4.69, 9.17) is 10.5 Å². The van der Waals surface area contributed by atoms with Gasteiger partial charge in [-0.1, -0.05) is 12.1 Å². The fourth-order valence-corrected chi connectivity index (χ4v) is 2.45. The van der Waals surface area contributed by atoms with Crippen molar-refractivity contribution in [1.82, 2.24) is 4.57 Å². The fraction of sp³-hybridized carbons (Fsp3) is 0.176. The molecule has 21 heavy (non-hydrogen) atoms. The molecule has 0 unspecified atom stereocenters. The summed E-state index contributed by atoms with van der Waals surface area (Å²) in [5.41, 5.74) is 9.02. The van der Waals surface area contributed by atoms with Crippen molar-refractivity contribution in [3.05, 3.63) is 59.8 Å². The van der Waals surface area contributed by atoms with Crippen LogP contribution in [-0.4, -0.2) is 9.67 Å². The van der Waals surface area contributed by atoms with Crippen molar-refractivity contribution in [3.63, 3.8) is 0 Å². The van der Waals surface area contributed by atoms with Crippen LogP contribution in [0.1, 0.15) is 11.3 Å². The lowest BCUT2D eigenvalue weighted by molar-refractivity contribution is 0.296. The Morgan fingerprint density at radius 1 is 1.14 bits per heavy atom. The van der Waals surface area contributed by atoms with Crippen molar-refractivity contribution in [2.45, 2.75) is 13.2 Å². The van der Waals surface area contributed by atoms with Gasteiger partial charge in [0, 0.05) is 30.6 Å². The first-order chi connectivity index (χ1) is 10.2. The molecule has 0 radical (unpaired) electrons. The molecule has 0 aliphatic rings. The predicted octanol–water partition coefficient (Wildman–Crippen LogP) is 2.92. The van der Waals surface area contributed by atoms with Crippen molar-refractivity contribution in [3.8, 4) is 11.5 Å². The van der Waals surface area contributed by atoms with Crippen molar-refractivity contribution >= 4 is 10.9 Å². The molecule has 3 rings (SSSR count). The lowest BCUT2D eigenvalue weighted by Gasteiger charge is -2.08. The maximum atomic E-state index is 9.44. The molecule has 1 aromatic heterocycles. The Labute approximate surface area is 123 Å². The van der Waals surface area contributed by atoms with E-state index < -0.39 is 0 Å². The molecular formula is C17H18N2O2. The van der Waals surface area contributed by atoms with Gasteiger partial charge in [-0.25, -0.2) is 0 Å². The smallest absolute Gasteiger partial charge is 0.128 e. The zero-order chi connectivity index (χ0) is 14.8. The van der Waals surface area contributed by atoms with Crippen molar-refractivity contribution in [1.29, 1.82) is 0 Å². The molecule has 0 fully saturated rings. The Morgan fingerprint density at radius 2 is 2.00 bits per heavy atom. The highest BCUT2D eigenvalue weighted by atomic mass is 16.5. The summed E-state index contributed by atoms with van der Waals surface area (Å²) in [7, 11) is 2.02. The minimum atomic E-state index is 0.206. The van der Waals surface area contributed by atoms with E-state index in [-0.39, 0.29) is 5.75 Å². The minimum Gasteiger partial charge on any atom is -0.508 e. The van der Waals surface area contributed by atoms with Gasteiger partial charge in [0.1, 0.15) is 18.1 Å². The Bertz CT molecular complexity index is 778. The van der Waals surface area contributed by atoms with Crippen LogP contribution in [0, 0.1) is 0 Å². The number of aryl methyl sites for hydroxylation is 1. The maximum absolute atomic E-state index is 9.44. The number of ether oxygens (including phenoxy) is 1. The molecule has 3 N–H and O–H groups in total. The van der Waals surface area contributed by atoms with Crippen LogP contribution in [0.4, 0.5) is 0 Å². The highest BCUT2D eigenvalue weighted by Gasteiger charge is 2.07. The van der Waals surface area contributed by atoms with E-state index in [2.05, 4.69) is 22.8 Å². The second-order valence-corrected chi connectivity index (χ2v) is 5.08. The zero-order valence-electron chi connectivity index (χ0n) is 11.9. The van der Waals surface area contributed by atoms with Crippen LogP contribution in [0.2, 0.25) is 0 Å². The minimum absolute atomic E-state index is 0.206. The standard InChI is InChI=1S/C17H18N2O2/c1-19-14(11-21-16-4-2-3-15(20)9-16)8-13-7-12(10-18)5-6-17(13)19/h2-9,20H,10-11,18H2,1H3. The molecule has 0 aliphatic heterocycles. The number of hydrogen-bond donors (Lipinski definition) is 2. The molecule has 0 amide bonds. The number of phenolic OH excluding ortho intramolecular Hbond substituents is 1. The highest BCUT2D eigenvalue weighted by molar-refractivity contribution is 5.82. The van der Waals surface area contributed by atoms with Gasteiger partial charge < -0.3 is 20.1 Å². The van der Waals surface area contributed by atoms with Crippen LogP contribution in [0.3, 0.4) is 0 Å². The van der Waals surface area contributed by atoms with E-state index in [1.807, 2.05) is 19.2 Å². The Kier molecular flexibility index (Phi) is 3.54.